The van der Waals surface area contributed by atoms with Gasteiger partial charge in [-0.3, -0.25) is 4.79 Å². The van der Waals surface area contributed by atoms with E-state index in [0.29, 0.717) is 19.0 Å². The molecule has 5 heteroatoms. The van der Waals surface area contributed by atoms with Gasteiger partial charge in [0.05, 0.1) is 6.42 Å². The van der Waals surface area contributed by atoms with Crippen molar-refractivity contribution in [3.8, 4) is 11.5 Å². The average molecular weight is 355 g/mol. The first-order valence-corrected chi connectivity index (χ1v) is 9.08. The van der Waals surface area contributed by atoms with E-state index in [2.05, 4.69) is 24.8 Å². The Hall–Kier alpha value is -2.69. The SMILES string of the molecule is CCN(CC)c1ccccc1COC(=O)Cc1ccc2c(c1)OCCO2. The van der Waals surface area contributed by atoms with Crippen molar-refractivity contribution < 1.29 is 19.0 Å². The van der Waals surface area contributed by atoms with Gasteiger partial charge < -0.3 is 19.1 Å². The zero-order valence-corrected chi connectivity index (χ0v) is 15.4. The molecule has 0 fully saturated rings. The summed E-state index contributed by atoms with van der Waals surface area (Å²) in [5, 5.41) is 0. The number of fused-ring (bicyclic) bond motifs is 1. The van der Waals surface area contributed by atoms with Crippen molar-refractivity contribution in [1.29, 1.82) is 0 Å². The molecule has 1 aliphatic heterocycles. The van der Waals surface area contributed by atoms with E-state index in [0.717, 1.165) is 35.7 Å². The molecule has 0 radical (unpaired) electrons. The number of hydrogen-bond acceptors (Lipinski definition) is 5. The van der Waals surface area contributed by atoms with Crippen LogP contribution in [0.25, 0.3) is 0 Å². The molecule has 0 aromatic heterocycles. The molecular weight excluding hydrogens is 330 g/mol. The smallest absolute Gasteiger partial charge is 0.310 e. The molecule has 138 valence electrons. The van der Waals surface area contributed by atoms with Gasteiger partial charge in [0.15, 0.2) is 11.5 Å². The zero-order chi connectivity index (χ0) is 18.4. The Morgan fingerprint density at radius 2 is 1.77 bits per heavy atom. The van der Waals surface area contributed by atoms with Gasteiger partial charge in [-0.2, -0.15) is 0 Å². The molecule has 1 heterocycles. The molecule has 2 aromatic rings. The third-order valence-electron chi connectivity index (χ3n) is 4.44. The molecule has 3 rings (SSSR count). The van der Waals surface area contributed by atoms with Crippen molar-refractivity contribution in [2.24, 2.45) is 0 Å². The van der Waals surface area contributed by atoms with Crippen molar-refractivity contribution in [2.75, 3.05) is 31.2 Å². The molecule has 0 saturated heterocycles. The van der Waals surface area contributed by atoms with Gasteiger partial charge >= 0.3 is 5.97 Å². The van der Waals surface area contributed by atoms with E-state index < -0.39 is 0 Å². The first kappa shape index (κ1) is 18.1. The van der Waals surface area contributed by atoms with Crippen LogP contribution in [0.2, 0.25) is 0 Å². The van der Waals surface area contributed by atoms with Crippen LogP contribution >= 0.6 is 0 Å². The molecule has 0 saturated carbocycles. The lowest BCUT2D eigenvalue weighted by atomic mass is 10.1. The number of carbonyl (C=O) groups is 1. The second-order valence-corrected chi connectivity index (χ2v) is 6.12. The number of esters is 1. The highest BCUT2D eigenvalue weighted by Crippen LogP contribution is 2.31. The number of benzene rings is 2. The largest absolute Gasteiger partial charge is 0.486 e. The summed E-state index contributed by atoms with van der Waals surface area (Å²) in [6, 6.07) is 13.6. The molecule has 0 amide bonds. The van der Waals surface area contributed by atoms with Crippen LogP contribution in [0.1, 0.15) is 25.0 Å². The third kappa shape index (κ3) is 4.28. The lowest BCUT2D eigenvalue weighted by Crippen LogP contribution is -2.23. The van der Waals surface area contributed by atoms with E-state index in [-0.39, 0.29) is 19.0 Å². The third-order valence-corrected chi connectivity index (χ3v) is 4.44. The molecule has 0 aliphatic carbocycles. The first-order valence-electron chi connectivity index (χ1n) is 9.08. The lowest BCUT2D eigenvalue weighted by Gasteiger charge is -2.24. The van der Waals surface area contributed by atoms with Gasteiger partial charge in [-0.1, -0.05) is 24.3 Å². The summed E-state index contributed by atoms with van der Waals surface area (Å²) in [5.41, 5.74) is 2.99. The fourth-order valence-electron chi connectivity index (χ4n) is 3.08. The summed E-state index contributed by atoms with van der Waals surface area (Å²) in [5.74, 6) is 1.16. The van der Waals surface area contributed by atoms with Crippen LogP contribution in [-0.4, -0.2) is 32.3 Å². The predicted octanol–water partition coefficient (Wildman–Crippen LogP) is 3.59. The Morgan fingerprint density at radius 3 is 2.54 bits per heavy atom. The highest BCUT2D eigenvalue weighted by molar-refractivity contribution is 5.73. The van der Waals surface area contributed by atoms with Crippen LogP contribution in [0.3, 0.4) is 0 Å². The van der Waals surface area contributed by atoms with Crippen LogP contribution in [0.15, 0.2) is 42.5 Å². The standard InChI is InChI=1S/C21H25NO4/c1-3-22(4-2)18-8-6-5-7-17(18)15-26-21(23)14-16-9-10-19-20(13-16)25-12-11-24-19/h5-10,13H,3-4,11-12,14-15H2,1-2H3. The summed E-state index contributed by atoms with van der Waals surface area (Å²) in [4.78, 5) is 14.5. The quantitative estimate of drug-likeness (QED) is 0.711. The molecule has 2 aromatic carbocycles. The Kier molecular flexibility index (Phi) is 6.00. The number of ether oxygens (including phenoxy) is 3. The van der Waals surface area contributed by atoms with Crippen LogP contribution in [0.4, 0.5) is 5.69 Å². The van der Waals surface area contributed by atoms with E-state index in [1.165, 1.54) is 0 Å². The lowest BCUT2D eigenvalue weighted by molar-refractivity contribution is -0.144. The maximum absolute atomic E-state index is 12.3. The molecule has 0 N–H and O–H groups in total. The number of rotatable bonds is 7. The van der Waals surface area contributed by atoms with Crippen molar-refractivity contribution in [1.82, 2.24) is 0 Å². The first-order chi connectivity index (χ1) is 12.7. The van der Waals surface area contributed by atoms with E-state index in [4.69, 9.17) is 14.2 Å². The fourth-order valence-corrected chi connectivity index (χ4v) is 3.08. The second kappa shape index (κ2) is 8.61. The normalized spacial score (nSPS) is 12.5. The van der Waals surface area contributed by atoms with E-state index in [9.17, 15) is 4.79 Å². The monoisotopic (exact) mass is 355 g/mol. The summed E-state index contributed by atoms with van der Waals surface area (Å²) >= 11 is 0. The van der Waals surface area contributed by atoms with Crippen LogP contribution < -0.4 is 14.4 Å². The minimum absolute atomic E-state index is 0.212. The van der Waals surface area contributed by atoms with Crippen LogP contribution in [0, 0.1) is 0 Å². The maximum atomic E-state index is 12.3. The number of hydrogen-bond donors (Lipinski definition) is 0. The van der Waals surface area contributed by atoms with E-state index in [1.54, 1.807) is 0 Å². The highest BCUT2D eigenvalue weighted by atomic mass is 16.6. The van der Waals surface area contributed by atoms with Gasteiger partial charge in [0, 0.05) is 24.3 Å². The number of para-hydroxylation sites is 1. The Bertz CT molecular complexity index is 755. The molecule has 5 nitrogen and oxygen atoms in total. The maximum Gasteiger partial charge on any atom is 0.310 e. The Balaban J connectivity index is 1.61. The summed E-state index contributed by atoms with van der Waals surface area (Å²) in [6.45, 7) is 7.43. The number of carbonyl (C=O) groups excluding carboxylic acids is 1. The van der Waals surface area contributed by atoms with Gasteiger partial charge in [0.1, 0.15) is 19.8 Å². The van der Waals surface area contributed by atoms with Crippen molar-refractivity contribution in [3.05, 3.63) is 53.6 Å². The van der Waals surface area contributed by atoms with Gasteiger partial charge in [-0.15, -0.1) is 0 Å². The summed E-state index contributed by atoms with van der Waals surface area (Å²) < 4.78 is 16.6. The second-order valence-electron chi connectivity index (χ2n) is 6.12. The molecule has 26 heavy (non-hydrogen) atoms. The number of anilines is 1. The minimum atomic E-state index is -0.254. The number of nitrogens with zero attached hydrogens (tertiary/aromatic N) is 1. The zero-order valence-electron chi connectivity index (χ0n) is 15.4. The Labute approximate surface area is 154 Å². The summed E-state index contributed by atoms with van der Waals surface area (Å²) in [6.07, 6.45) is 0.212. The minimum Gasteiger partial charge on any atom is -0.486 e. The molecule has 0 spiro atoms. The highest BCUT2D eigenvalue weighted by Gasteiger charge is 2.14. The van der Waals surface area contributed by atoms with Crippen LogP contribution in [0.5, 0.6) is 11.5 Å². The molecule has 1 aliphatic rings. The summed E-state index contributed by atoms with van der Waals surface area (Å²) in [7, 11) is 0. The van der Waals surface area contributed by atoms with Gasteiger partial charge in [0.25, 0.3) is 0 Å². The van der Waals surface area contributed by atoms with E-state index in [1.807, 2.05) is 36.4 Å². The molecule has 0 atom stereocenters. The molecule has 0 unspecified atom stereocenters. The van der Waals surface area contributed by atoms with Gasteiger partial charge in [-0.05, 0) is 37.6 Å². The fraction of sp³-hybridized carbons (Fsp3) is 0.381. The van der Waals surface area contributed by atoms with Gasteiger partial charge in [-0.25, -0.2) is 0 Å². The van der Waals surface area contributed by atoms with Gasteiger partial charge in [0.2, 0.25) is 0 Å². The van der Waals surface area contributed by atoms with Crippen molar-refractivity contribution in [2.45, 2.75) is 26.9 Å². The van der Waals surface area contributed by atoms with Crippen LogP contribution in [-0.2, 0) is 22.6 Å². The molecular formula is C21H25NO4. The predicted molar refractivity (Wildman–Crippen MR) is 101 cm³/mol. The molecule has 0 bridgehead atoms. The van der Waals surface area contributed by atoms with Crippen molar-refractivity contribution in [3.63, 3.8) is 0 Å². The topological polar surface area (TPSA) is 48.0 Å². The average Bonchev–Trinajstić information content (AvgIpc) is 2.68. The Morgan fingerprint density at radius 1 is 1.04 bits per heavy atom. The van der Waals surface area contributed by atoms with Crippen molar-refractivity contribution >= 4 is 11.7 Å². The van der Waals surface area contributed by atoms with E-state index >= 15 is 0 Å².